The maximum Gasteiger partial charge on any atom is 0.191 e. The molecule has 2 heterocycles. The number of hydrogen-bond acceptors (Lipinski definition) is 5. The van der Waals surface area contributed by atoms with Gasteiger partial charge in [-0.1, -0.05) is 56.8 Å². The number of nitrogens with zero attached hydrogens (tertiary/aromatic N) is 4. The molecule has 0 aliphatic rings. The Labute approximate surface area is 151 Å². The fourth-order valence-corrected chi connectivity index (χ4v) is 3.95. The van der Waals surface area contributed by atoms with Crippen LogP contribution in [0.4, 0.5) is 0 Å². The van der Waals surface area contributed by atoms with Crippen molar-refractivity contribution in [2.75, 3.05) is 0 Å². The van der Waals surface area contributed by atoms with E-state index in [0.717, 1.165) is 33.0 Å². The monoisotopic (exact) mass is 358 g/mol. The molecular weight excluding hydrogens is 336 g/mol. The van der Waals surface area contributed by atoms with E-state index in [2.05, 4.69) is 70.2 Å². The van der Waals surface area contributed by atoms with Crippen LogP contribution in [0.15, 0.2) is 34.8 Å². The van der Waals surface area contributed by atoms with Crippen LogP contribution in [0.2, 0.25) is 0 Å². The molecule has 4 nitrogen and oxygen atoms in total. The van der Waals surface area contributed by atoms with Crippen LogP contribution in [-0.2, 0) is 18.2 Å². The molecule has 0 atom stereocenters. The van der Waals surface area contributed by atoms with Crippen molar-refractivity contribution >= 4 is 23.1 Å². The summed E-state index contributed by atoms with van der Waals surface area (Å²) in [5, 5.41) is 12.8. The van der Waals surface area contributed by atoms with Crippen molar-refractivity contribution < 1.29 is 0 Å². The molecule has 0 spiro atoms. The molecule has 2 aromatic heterocycles. The van der Waals surface area contributed by atoms with E-state index in [4.69, 9.17) is 0 Å². The first kappa shape index (κ1) is 17.2. The van der Waals surface area contributed by atoms with Gasteiger partial charge in [-0.25, -0.2) is 4.98 Å². The summed E-state index contributed by atoms with van der Waals surface area (Å²) in [5.74, 6) is 1.71. The molecule has 126 valence electrons. The summed E-state index contributed by atoms with van der Waals surface area (Å²) in [6.07, 6.45) is 0. The molecule has 0 fully saturated rings. The summed E-state index contributed by atoms with van der Waals surface area (Å²) >= 11 is 3.35. The number of aromatic nitrogens is 4. The van der Waals surface area contributed by atoms with E-state index in [1.54, 1.807) is 23.1 Å². The van der Waals surface area contributed by atoms with E-state index in [0.29, 0.717) is 0 Å². The first-order chi connectivity index (χ1) is 11.3. The maximum atomic E-state index is 4.49. The van der Waals surface area contributed by atoms with Gasteiger partial charge in [-0.2, -0.15) is 0 Å². The average Bonchev–Trinajstić information content (AvgIpc) is 3.10. The van der Waals surface area contributed by atoms with Crippen molar-refractivity contribution in [2.45, 2.75) is 44.0 Å². The third kappa shape index (κ3) is 3.70. The zero-order chi connectivity index (χ0) is 17.3. The van der Waals surface area contributed by atoms with Crippen LogP contribution in [-0.4, -0.2) is 19.7 Å². The van der Waals surface area contributed by atoms with Crippen LogP contribution < -0.4 is 0 Å². The normalized spacial score (nSPS) is 11.9. The topological polar surface area (TPSA) is 43.6 Å². The minimum absolute atomic E-state index is 0.158. The van der Waals surface area contributed by atoms with E-state index in [-0.39, 0.29) is 5.41 Å². The molecule has 0 unspecified atom stereocenters. The zero-order valence-electron chi connectivity index (χ0n) is 14.7. The summed E-state index contributed by atoms with van der Waals surface area (Å²) in [6, 6.07) is 8.61. The minimum Gasteiger partial charge on any atom is -0.305 e. The quantitative estimate of drug-likeness (QED) is 0.626. The second-order valence-electron chi connectivity index (χ2n) is 6.84. The van der Waals surface area contributed by atoms with Crippen molar-refractivity contribution in [3.8, 4) is 11.4 Å². The number of hydrogen-bond donors (Lipinski definition) is 0. The van der Waals surface area contributed by atoms with Gasteiger partial charge in [0.05, 0.1) is 10.7 Å². The molecule has 0 saturated heterocycles. The fraction of sp³-hybridized carbons (Fsp3) is 0.389. The molecule has 0 aliphatic heterocycles. The van der Waals surface area contributed by atoms with Crippen molar-refractivity contribution in [1.29, 1.82) is 0 Å². The molecule has 3 rings (SSSR count). The third-order valence-electron chi connectivity index (χ3n) is 3.86. The highest BCUT2D eigenvalue weighted by molar-refractivity contribution is 7.98. The Morgan fingerprint density at radius 2 is 1.83 bits per heavy atom. The Morgan fingerprint density at radius 1 is 1.12 bits per heavy atom. The van der Waals surface area contributed by atoms with E-state index < -0.39 is 0 Å². The van der Waals surface area contributed by atoms with Gasteiger partial charge < -0.3 is 4.57 Å². The molecule has 0 aliphatic carbocycles. The first-order valence-electron chi connectivity index (χ1n) is 7.89. The van der Waals surface area contributed by atoms with Gasteiger partial charge >= 0.3 is 0 Å². The van der Waals surface area contributed by atoms with Gasteiger partial charge in [0.1, 0.15) is 0 Å². The van der Waals surface area contributed by atoms with Crippen molar-refractivity contribution in [3.63, 3.8) is 0 Å². The summed E-state index contributed by atoms with van der Waals surface area (Å²) in [4.78, 5) is 4.49. The van der Waals surface area contributed by atoms with Gasteiger partial charge in [-0.15, -0.1) is 21.5 Å². The second-order valence-corrected chi connectivity index (χ2v) is 8.84. The van der Waals surface area contributed by atoms with Crippen LogP contribution >= 0.6 is 23.1 Å². The van der Waals surface area contributed by atoms with Crippen LogP contribution in [0.25, 0.3) is 11.4 Å². The van der Waals surface area contributed by atoms with E-state index >= 15 is 0 Å². The second kappa shape index (κ2) is 6.69. The number of thiazole rings is 1. The standard InChI is InChI=1S/C18H22N4S2/c1-12-19-15(10-23-12)11-24-17-21-20-16(22(17)5)13-6-8-14(9-7-13)18(2,3)4/h6-10H,11H2,1-5H3. The fourth-order valence-electron chi connectivity index (χ4n) is 2.42. The van der Waals surface area contributed by atoms with Gasteiger partial charge in [0.15, 0.2) is 11.0 Å². The molecule has 0 bridgehead atoms. The molecule has 1 aromatic carbocycles. The van der Waals surface area contributed by atoms with Crippen LogP contribution in [0.1, 0.15) is 37.0 Å². The summed E-state index contributed by atoms with van der Waals surface area (Å²) in [5.41, 5.74) is 3.67. The lowest BCUT2D eigenvalue weighted by Gasteiger charge is -2.19. The van der Waals surface area contributed by atoms with Crippen LogP contribution in [0.3, 0.4) is 0 Å². The van der Waals surface area contributed by atoms with Crippen molar-refractivity contribution in [3.05, 3.63) is 45.9 Å². The molecule has 0 saturated carbocycles. The van der Waals surface area contributed by atoms with Gasteiger partial charge in [0.25, 0.3) is 0 Å². The Bertz CT molecular complexity index is 826. The van der Waals surface area contributed by atoms with Gasteiger partial charge in [-0.05, 0) is 17.9 Å². The predicted octanol–water partition coefficient (Wildman–Crippen LogP) is 4.84. The van der Waals surface area contributed by atoms with Crippen LogP contribution in [0.5, 0.6) is 0 Å². The molecule has 6 heteroatoms. The average molecular weight is 359 g/mol. The minimum atomic E-state index is 0.158. The smallest absolute Gasteiger partial charge is 0.191 e. The Morgan fingerprint density at radius 3 is 2.42 bits per heavy atom. The Balaban J connectivity index is 1.77. The lowest BCUT2D eigenvalue weighted by atomic mass is 9.87. The molecule has 24 heavy (non-hydrogen) atoms. The lowest BCUT2D eigenvalue weighted by molar-refractivity contribution is 0.590. The lowest BCUT2D eigenvalue weighted by Crippen LogP contribution is -2.10. The summed E-state index contributed by atoms with van der Waals surface area (Å²) in [6.45, 7) is 8.69. The number of benzene rings is 1. The van der Waals surface area contributed by atoms with Crippen molar-refractivity contribution in [2.24, 2.45) is 7.05 Å². The highest BCUT2D eigenvalue weighted by atomic mass is 32.2. The van der Waals surface area contributed by atoms with Crippen molar-refractivity contribution in [1.82, 2.24) is 19.7 Å². The molecular formula is C18H22N4S2. The number of aryl methyl sites for hydroxylation is 1. The SMILES string of the molecule is Cc1nc(CSc2nnc(-c3ccc(C(C)(C)C)cc3)n2C)cs1. The van der Waals surface area contributed by atoms with Crippen LogP contribution in [0, 0.1) is 6.92 Å². The Hall–Kier alpha value is -1.66. The molecule has 0 amide bonds. The largest absolute Gasteiger partial charge is 0.305 e. The van der Waals surface area contributed by atoms with Gasteiger partial charge in [0.2, 0.25) is 0 Å². The summed E-state index contributed by atoms with van der Waals surface area (Å²) < 4.78 is 2.05. The Kier molecular flexibility index (Phi) is 4.78. The molecule has 0 radical (unpaired) electrons. The van der Waals surface area contributed by atoms with Gasteiger partial charge in [-0.3, -0.25) is 0 Å². The van der Waals surface area contributed by atoms with E-state index in [1.165, 1.54) is 5.56 Å². The third-order valence-corrected chi connectivity index (χ3v) is 5.74. The highest BCUT2D eigenvalue weighted by Gasteiger charge is 2.15. The number of thioether (sulfide) groups is 1. The summed E-state index contributed by atoms with van der Waals surface area (Å²) in [7, 11) is 2.02. The van der Waals surface area contributed by atoms with E-state index in [1.807, 2.05) is 14.0 Å². The molecule has 0 N–H and O–H groups in total. The highest BCUT2D eigenvalue weighted by Crippen LogP contribution is 2.28. The van der Waals surface area contributed by atoms with E-state index in [9.17, 15) is 0 Å². The zero-order valence-corrected chi connectivity index (χ0v) is 16.3. The maximum absolute atomic E-state index is 4.49. The number of rotatable bonds is 4. The predicted molar refractivity (Wildman–Crippen MR) is 102 cm³/mol. The van der Waals surface area contributed by atoms with Gasteiger partial charge in [0, 0.05) is 23.7 Å². The molecule has 3 aromatic rings. The first-order valence-corrected chi connectivity index (χ1v) is 9.75.